The van der Waals surface area contributed by atoms with E-state index in [0.717, 1.165) is 39.1 Å². The molecule has 18 heavy (non-hydrogen) atoms. The van der Waals surface area contributed by atoms with Crippen LogP contribution in [-0.2, 0) is 14.3 Å². The Morgan fingerprint density at radius 2 is 1.56 bits per heavy atom. The van der Waals surface area contributed by atoms with Crippen molar-refractivity contribution in [3.63, 3.8) is 0 Å². The summed E-state index contributed by atoms with van der Waals surface area (Å²) in [4.78, 5) is 13.4. The average Bonchev–Trinajstić information content (AvgIpc) is 2.39. The zero-order valence-electron chi connectivity index (χ0n) is 12.8. The normalized spacial score (nSPS) is 9.89. The zero-order valence-corrected chi connectivity index (χ0v) is 12.8. The van der Waals surface area contributed by atoms with E-state index >= 15 is 0 Å². The first kappa shape index (κ1) is 19.7. The maximum Gasteiger partial charge on any atom is 0.305 e. The summed E-state index contributed by atoms with van der Waals surface area (Å²) in [5.41, 5.74) is 0. The summed E-state index contributed by atoms with van der Waals surface area (Å²) in [6.07, 6.45) is 2.59. The van der Waals surface area contributed by atoms with Gasteiger partial charge in [-0.25, -0.2) is 0 Å². The van der Waals surface area contributed by atoms with E-state index in [2.05, 4.69) is 23.5 Å². The summed E-state index contributed by atoms with van der Waals surface area (Å²) in [7, 11) is 1.68. The highest BCUT2D eigenvalue weighted by atomic mass is 16.5. The first-order valence-electron chi connectivity index (χ1n) is 7.02. The van der Waals surface area contributed by atoms with Gasteiger partial charge in [-0.3, -0.25) is 4.79 Å². The van der Waals surface area contributed by atoms with Gasteiger partial charge in [-0.1, -0.05) is 13.8 Å². The summed E-state index contributed by atoms with van der Waals surface area (Å²) >= 11 is 0. The summed E-state index contributed by atoms with van der Waals surface area (Å²) in [6.45, 7) is 12.7. The van der Waals surface area contributed by atoms with E-state index in [9.17, 15) is 4.79 Å². The molecule has 0 rings (SSSR count). The maximum atomic E-state index is 11.0. The third-order valence-corrected chi connectivity index (χ3v) is 2.59. The fraction of sp³-hybridized carbons (Fsp3) is 0.929. The van der Waals surface area contributed by atoms with Gasteiger partial charge >= 0.3 is 5.97 Å². The number of rotatable bonds is 9. The van der Waals surface area contributed by atoms with Crippen LogP contribution in [0.3, 0.4) is 0 Å². The molecule has 0 bridgehead atoms. The van der Waals surface area contributed by atoms with Crippen molar-refractivity contribution in [3.05, 3.63) is 0 Å². The molecule has 0 amide bonds. The second kappa shape index (κ2) is 16.4. The number of esters is 1. The summed E-state index contributed by atoms with van der Waals surface area (Å²) in [6, 6.07) is 0. The molecule has 4 nitrogen and oxygen atoms in total. The molecule has 0 fully saturated rings. The van der Waals surface area contributed by atoms with E-state index in [1.807, 2.05) is 13.8 Å². The molecule has 0 aliphatic heterocycles. The van der Waals surface area contributed by atoms with Crippen LogP contribution in [0.4, 0.5) is 0 Å². The Bertz CT molecular complexity index is 168. The fourth-order valence-corrected chi connectivity index (χ4v) is 1.38. The Kier molecular flexibility index (Phi) is 18.0. The predicted molar refractivity (Wildman–Crippen MR) is 75.8 cm³/mol. The molecule has 0 spiro atoms. The van der Waals surface area contributed by atoms with Crippen molar-refractivity contribution in [3.8, 4) is 0 Å². The first-order chi connectivity index (χ1) is 8.65. The SMILES string of the molecule is CCOC.CCOC(=O)CCCCN(CC)CC. The van der Waals surface area contributed by atoms with Crippen LogP contribution in [0.5, 0.6) is 0 Å². The van der Waals surface area contributed by atoms with Gasteiger partial charge in [-0.15, -0.1) is 0 Å². The van der Waals surface area contributed by atoms with Crippen LogP contribution in [0, 0.1) is 0 Å². The van der Waals surface area contributed by atoms with Crippen molar-refractivity contribution in [1.29, 1.82) is 0 Å². The number of carbonyl (C=O) groups excluding carboxylic acids is 1. The van der Waals surface area contributed by atoms with Crippen LogP contribution >= 0.6 is 0 Å². The molecule has 0 N–H and O–H groups in total. The Labute approximate surface area is 113 Å². The summed E-state index contributed by atoms with van der Waals surface area (Å²) < 4.78 is 9.39. The molecule has 0 radical (unpaired) electrons. The Hall–Kier alpha value is -0.610. The Morgan fingerprint density at radius 1 is 1.00 bits per heavy atom. The quantitative estimate of drug-likeness (QED) is 0.472. The second-order valence-corrected chi connectivity index (χ2v) is 3.87. The highest BCUT2D eigenvalue weighted by Gasteiger charge is 2.02. The lowest BCUT2D eigenvalue weighted by atomic mass is 10.2. The molecular weight excluding hydrogens is 230 g/mol. The third kappa shape index (κ3) is 15.4. The van der Waals surface area contributed by atoms with Crippen LogP contribution in [0.1, 0.15) is 47.0 Å². The number of ether oxygens (including phenoxy) is 2. The molecule has 0 aromatic rings. The third-order valence-electron chi connectivity index (χ3n) is 2.59. The predicted octanol–water partition coefficient (Wildman–Crippen LogP) is 2.71. The van der Waals surface area contributed by atoms with Gasteiger partial charge in [0.15, 0.2) is 0 Å². The zero-order chi connectivity index (χ0) is 14.2. The van der Waals surface area contributed by atoms with E-state index < -0.39 is 0 Å². The van der Waals surface area contributed by atoms with Crippen molar-refractivity contribution in [1.82, 2.24) is 4.90 Å². The lowest BCUT2D eigenvalue weighted by Gasteiger charge is -2.17. The van der Waals surface area contributed by atoms with Gasteiger partial charge in [0.25, 0.3) is 0 Å². The van der Waals surface area contributed by atoms with E-state index in [1.165, 1.54) is 0 Å². The lowest BCUT2D eigenvalue weighted by molar-refractivity contribution is -0.143. The Balaban J connectivity index is 0. The second-order valence-electron chi connectivity index (χ2n) is 3.87. The largest absolute Gasteiger partial charge is 0.466 e. The number of hydrogen-bond donors (Lipinski definition) is 0. The average molecular weight is 261 g/mol. The van der Waals surface area contributed by atoms with Crippen LogP contribution in [0.25, 0.3) is 0 Å². The molecule has 0 atom stereocenters. The molecule has 4 heteroatoms. The van der Waals surface area contributed by atoms with Gasteiger partial charge in [-0.2, -0.15) is 0 Å². The molecule has 0 saturated carbocycles. The minimum absolute atomic E-state index is 0.0629. The van der Waals surface area contributed by atoms with Gasteiger partial charge in [0.05, 0.1) is 6.61 Å². The van der Waals surface area contributed by atoms with Crippen LogP contribution < -0.4 is 0 Å². The van der Waals surface area contributed by atoms with Crippen LogP contribution in [0.15, 0.2) is 0 Å². The van der Waals surface area contributed by atoms with Crippen molar-refractivity contribution in [2.24, 2.45) is 0 Å². The first-order valence-corrected chi connectivity index (χ1v) is 7.02. The van der Waals surface area contributed by atoms with Gasteiger partial charge in [0.1, 0.15) is 0 Å². The molecule has 0 heterocycles. The van der Waals surface area contributed by atoms with Crippen LogP contribution in [0.2, 0.25) is 0 Å². The van der Waals surface area contributed by atoms with Crippen molar-refractivity contribution in [2.75, 3.05) is 40.0 Å². The maximum absolute atomic E-state index is 11.0. The van der Waals surface area contributed by atoms with Gasteiger partial charge in [0, 0.05) is 20.1 Å². The summed E-state index contributed by atoms with van der Waals surface area (Å²) in [5, 5.41) is 0. The number of unbranched alkanes of at least 4 members (excludes halogenated alkanes) is 1. The summed E-state index contributed by atoms with van der Waals surface area (Å²) in [5.74, 6) is -0.0629. The molecule has 110 valence electrons. The fourth-order valence-electron chi connectivity index (χ4n) is 1.38. The Morgan fingerprint density at radius 3 is 1.94 bits per heavy atom. The number of nitrogens with zero attached hydrogens (tertiary/aromatic N) is 1. The molecule has 0 aromatic carbocycles. The van der Waals surface area contributed by atoms with Gasteiger partial charge < -0.3 is 14.4 Å². The van der Waals surface area contributed by atoms with Crippen molar-refractivity contribution in [2.45, 2.75) is 47.0 Å². The van der Waals surface area contributed by atoms with E-state index in [4.69, 9.17) is 4.74 Å². The van der Waals surface area contributed by atoms with E-state index in [0.29, 0.717) is 13.0 Å². The molecule has 0 aliphatic carbocycles. The molecular formula is C14H31NO3. The van der Waals surface area contributed by atoms with Crippen molar-refractivity contribution >= 4 is 5.97 Å². The van der Waals surface area contributed by atoms with Gasteiger partial charge in [-0.05, 0) is 46.3 Å². The molecule has 0 saturated heterocycles. The smallest absolute Gasteiger partial charge is 0.305 e. The molecule has 0 aliphatic rings. The molecule has 0 aromatic heterocycles. The standard InChI is InChI=1S/C11H23NO2.C3H8O/c1-4-12(5-2)10-8-7-9-11(13)14-6-3;1-3-4-2/h4-10H2,1-3H3;3H2,1-2H3. The minimum Gasteiger partial charge on any atom is -0.466 e. The minimum atomic E-state index is -0.0629. The van der Waals surface area contributed by atoms with Gasteiger partial charge in [0.2, 0.25) is 0 Å². The van der Waals surface area contributed by atoms with Crippen molar-refractivity contribution < 1.29 is 14.3 Å². The molecule has 0 unspecified atom stereocenters. The van der Waals surface area contributed by atoms with Crippen LogP contribution in [-0.4, -0.2) is 50.8 Å². The topological polar surface area (TPSA) is 38.8 Å². The highest BCUT2D eigenvalue weighted by Crippen LogP contribution is 2.00. The lowest BCUT2D eigenvalue weighted by Crippen LogP contribution is -2.24. The number of carbonyl (C=O) groups is 1. The number of hydrogen-bond acceptors (Lipinski definition) is 4. The van der Waals surface area contributed by atoms with E-state index in [1.54, 1.807) is 7.11 Å². The highest BCUT2D eigenvalue weighted by molar-refractivity contribution is 5.69. The monoisotopic (exact) mass is 261 g/mol. The number of methoxy groups -OCH3 is 1. The van der Waals surface area contributed by atoms with E-state index in [-0.39, 0.29) is 5.97 Å².